The van der Waals surface area contributed by atoms with E-state index in [2.05, 4.69) is 4.74 Å². The first-order valence-electron chi connectivity index (χ1n) is 2.85. The molecule has 0 aliphatic carbocycles. The van der Waals surface area contributed by atoms with Crippen molar-refractivity contribution >= 4 is 11.9 Å². The number of ether oxygens (including phenoxy) is 1. The van der Waals surface area contributed by atoms with E-state index in [-0.39, 0.29) is 24.7 Å². The molecule has 0 heterocycles. The molecule has 0 bridgehead atoms. The molecule has 0 amide bonds. The van der Waals surface area contributed by atoms with E-state index in [9.17, 15) is 9.59 Å². The van der Waals surface area contributed by atoms with Gasteiger partial charge in [0.1, 0.15) is 18.2 Å². The van der Waals surface area contributed by atoms with Gasteiger partial charge in [0.05, 0.1) is 0 Å². The van der Waals surface area contributed by atoms with Gasteiger partial charge in [-0.05, 0) is 0 Å². The fourth-order valence-corrected chi connectivity index (χ4v) is 0.290. The Bertz CT molecular complexity index is 170. The van der Waals surface area contributed by atoms with E-state index in [0.717, 1.165) is 0 Å². The van der Waals surface area contributed by atoms with Gasteiger partial charge in [0, 0.05) is 6.42 Å². The summed E-state index contributed by atoms with van der Waals surface area (Å²) >= 11 is 0. The standard InChI is InChI=1S/C6H9NO3/c1-2-6(9)10-4-5(7)3-8/h2,4,7H2,1H3. The van der Waals surface area contributed by atoms with Gasteiger partial charge in [0.2, 0.25) is 0 Å². The maximum atomic E-state index is 10.4. The first-order chi connectivity index (χ1) is 4.70. The number of esters is 1. The summed E-state index contributed by atoms with van der Waals surface area (Å²) in [5.41, 5.74) is 4.90. The summed E-state index contributed by atoms with van der Waals surface area (Å²) in [7, 11) is 0. The van der Waals surface area contributed by atoms with Crippen molar-refractivity contribution in [2.75, 3.05) is 6.61 Å². The van der Waals surface area contributed by atoms with Gasteiger partial charge in [-0.15, -0.1) is 0 Å². The fourth-order valence-electron chi connectivity index (χ4n) is 0.290. The zero-order valence-corrected chi connectivity index (χ0v) is 5.72. The van der Waals surface area contributed by atoms with Crippen LogP contribution in [0.4, 0.5) is 0 Å². The minimum Gasteiger partial charge on any atom is -0.458 e. The monoisotopic (exact) mass is 143 g/mol. The third-order valence-electron chi connectivity index (χ3n) is 0.808. The fraction of sp³-hybridized carbons (Fsp3) is 0.500. The summed E-state index contributed by atoms with van der Waals surface area (Å²) in [6.07, 6.45) is 0.284. The van der Waals surface area contributed by atoms with Gasteiger partial charge < -0.3 is 10.5 Å². The molecular formula is C6H9NO3. The number of hydrogen-bond acceptors (Lipinski definition) is 4. The lowest BCUT2D eigenvalue weighted by Gasteiger charge is -1.98. The molecule has 0 fully saturated rings. The smallest absolute Gasteiger partial charge is 0.305 e. The van der Waals surface area contributed by atoms with Crippen molar-refractivity contribution in [3.63, 3.8) is 0 Å². The van der Waals surface area contributed by atoms with E-state index in [0.29, 0.717) is 0 Å². The molecule has 4 heteroatoms. The summed E-state index contributed by atoms with van der Waals surface area (Å²) < 4.78 is 4.48. The van der Waals surface area contributed by atoms with Crippen LogP contribution in [0.15, 0.2) is 5.70 Å². The largest absolute Gasteiger partial charge is 0.458 e. The highest BCUT2D eigenvalue weighted by Crippen LogP contribution is 1.85. The Kier molecular flexibility index (Phi) is 4.00. The van der Waals surface area contributed by atoms with Crippen LogP contribution in [-0.2, 0) is 14.3 Å². The van der Waals surface area contributed by atoms with Gasteiger partial charge in [0.15, 0.2) is 0 Å². The van der Waals surface area contributed by atoms with Crippen LogP contribution in [0.3, 0.4) is 0 Å². The molecule has 2 N–H and O–H groups in total. The lowest BCUT2D eigenvalue weighted by Crippen LogP contribution is -2.11. The summed E-state index contributed by atoms with van der Waals surface area (Å²) in [5, 5.41) is 0. The summed E-state index contributed by atoms with van der Waals surface area (Å²) in [4.78, 5) is 20.1. The topological polar surface area (TPSA) is 69.4 Å². The Labute approximate surface area is 58.7 Å². The SMILES string of the molecule is CCC(=O)OCC(N)=C=O. The highest BCUT2D eigenvalue weighted by atomic mass is 16.5. The lowest BCUT2D eigenvalue weighted by molar-refractivity contribution is -0.142. The minimum atomic E-state index is -0.377. The van der Waals surface area contributed by atoms with Crippen molar-refractivity contribution in [2.45, 2.75) is 13.3 Å². The zero-order chi connectivity index (χ0) is 7.98. The van der Waals surface area contributed by atoms with Gasteiger partial charge in [-0.1, -0.05) is 6.92 Å². The van der Waals surface area contributed by atoms with Crippen molar-refractivity contribution in [3.8, 4) is 0 Å². The van der Waals surface area contributed by atoms with E-state index in [4.69, 9.17) is 5.73 Å². The van der Waals surface area contributed by atoms with Gasteiger partial charge in [-0.3, -0.25) is 4.79 Å². The molecule has 0 spiro atoms. The van der Waals surface area contributed by atoms with Gasteiger partial charge in [-0.25, -0.2) is 4.79 Å². The van der Waals surface area contributed by atoms with Crippen LogP contribution in [0.5, 0.6) is 0 Å². The van der Waals surface area contributed by atoms with Crippen molar-refractivity contribution < 1.29 is 14.3 Å². The Morgan fingerprint density at radius 1 is 1.70 bits per heavy atom. The van der Waals surface area contributed by atoms with Gasteiger partial charge >= 0.3 is 5.97 Å². The second kappa shape index (κ2) is 4.58. The van der Waals surface area contributed by atoms with Crippen LogP contribution in [0.2, 0.25) is 0 Å². The predicted octanol–water partition coefficient (Wildman–Crippen LogP) is -0.386. The molecule has 0 aromatic rings. The lowest BCUT2D eigenvalue weighted by atomic mass is 10.5. The summed E-state index contributed by atoms with van der Waals surface area (Å²) in [6.45, 7) is 1.50. The molecule has 0 rings (SSSR count). The molecule has 0 unspecified atom stereocenters. The third kappa shape index (κ3) is 3.69. The van der Waals surface area contributed by atoms with E-state index in [1.165, 1.54) is 5.94 Å². The van der Waals surface area contributed by atoms with Gasteiger partial charge in [-0.2, -0.15) is 0 Å². The van der Waals surface area contributed by atoms with Crippen LogP contribution < -0.4 is 5.73 Å². The second-order valence-electron chi connectivity index (χ2n) is 1.64. The Balaban J connectivity index is 3.55. The van der Waals surface area contributed by atoms with Crippen LogP contribution >= 0.6 is 0 Å². The Hall–Kier alpha value is -1.28. The number of rotatable bonds is 3. The Morgan fingerprint density at radius 2 is 2.30 bits per heavy atom. The van der Waals surface area contributed by atoms with E-state index >= 15 is 0 Å². The zero-order valence-electron chi connectivity index (χ0n) is 5.72. The molecule has 0 aliphatic heterocycles. The van der Waals surface area contributed by atoms with Crippen molar-refractivity contribution in [2.24, 2.45) is 5.73 Å². The molecule has 10 heavy (non-hydrogen) atoms. The van der Waals surface area contributed by atoms with Crippen LogP contribution in [-0.4, -0.2) is 18.5 Å². The highest BCUT2D eigenvalue weighted by molar-refractivity contribution is 5.69. The molecular weight excluding hydrogens is 134 g/mol. The van der Waals surface area contributed by atoms with Crippen molar-refractivity contribution in [3.05, 3.63) is 5.70 Å². The summed E-state index contributed by atoms with van der Waals surface area (Å²) in [5.74, 6) is 1.03. The average molecular weight is 143 g/mol. The highest BCUT2D eigenvalue weighted by Gasteiger charge is 1.98. The maximum absolute atomic E-state index is 10.4. The molecule has 0 aromatic heterocycles. The predicted molar refractivity (Wildman–Crippen MR) is 34.6 cm³/mol. The summed E-state index contributed by atoms with van der Waals surface area (Å²) in [6, 6.07) is 0. The number of carbonyl (C=O) groups excluding carboxylic acids is 2. The Morgan fingerprint density at radius 3 is 2.70 bits per heavy atom. The average Bonchev–Trinajstić information content (AvgIpc) is 1.99. The molecule has 0 aliphatic rings. The van der Waals surface area contributed by atoms with Crippen LogP contribution in [0.25, 0.3) is 0 Å². The van der Waals surface area contributed by atoms with E-state index in [1.807, 2.05) is 0 Å². The van der Waals surface area contributed by atoms with Crippen LogP contribution in [0, 0.1) is 0 Å². The third-order valence-corrected chi connectivity index (χ3v) is 0.808. The molecule has 0 saturated carbocycles. The van der Waals surface area contributed by atoms with Gasteiger partial charge in [0.25, 0.3) is 0 Å². The quantitative estimate of drug-likeness (QED) is 0.431. The normalized spacial score (nSPS) is 8.10. The molecule has 0 radical (unpaired) electrons. The first-order valence-corrected chi connectivity index (χ1v) is 2.85. The molecule has 4 nitrogen and oxygen atoms in total. The maximum Gasteiger partial charge on any atom is 0.305 e. The van der Waals surface area contributed by atoms with E-state index < -0.39 is 0 Å². The number of carbonyl (C=O) groups is 1. The van der Waals surface area contributed by atoms with Crippen molar-refractivity contribution in [1.82, 2.24) is 0 Å². The van der Waals surface area contributed by atoms with Crippen molar-refractivity contribution in [1.29, 1.82) is 0 Å². The van der Waals surface area contributed by atoms with Crippen LogP contribution in [0.1, 0.15) is 13.3 Å². The number of hydrogen-bond donors (Lipinski definition) is 1. The molecule has 56 valence electrons. The molecule has 0 aromatic carbocycles. The first kappa shape index (κ1) is 8.72. The number of nitrogens with two attached hydrogens (primary N) is 1. The van der Waals surface area contributed by atoms with E-state index in [1.54, 1.807) is 6.92 Å². The minimum absolute atomic E-state index is 0.0956. The second-order valence-corrected chi connectivity index (χ2v) is 1.64. The molecule has 0 saturated heterocycles. The molecule has 0 atom stereocenters.